The summed E-state index contributed by atoms with van der Waals surface area (Å²) in [5.41, 5.74) is 7.70. The Hall–Kier alpha value is -1.55. The number of ether oxygens (including phenoxy) is 1. The van der Waals surface area contributed by atoms with Gasteiger partial charge in [0.05, 0.1) is 7.11 Å². The van der Waals surface area contributed by atoms with Crippen LogP contribution in [-0.2, 0) is 17.8 Å². The fourth-order valence-electron chi connectivity index (χ4n) is 1.39. The molecular weight excluding hydrogens is 192 g/mol. The number of hydrogen-bond acceptors (Lipinski definition) is 3. The van der Waals surface area contributed by atoms with Crippen molar-refractivity contribution in [2.24, 2.45) is 5.73 Å². The Labute approximate surface area is 89.6 Å². The zero-order valence-corrected chi connectivity index (χ0v) is 9.06. The molecule has 15 heavy (non-hydrogen) atoms. The van der Waals surface area contributed by atoms with Crippen LogP contribution < -0.4 is 5.73 Å². The molecule has 4 nitrogen and oxygen atoms in total. The minimum absolute atomic E-state index is 0.346. The van der Waals surface area contributed by atoms with Crippen molar-refractivity contribution in [3.05, 3.63) is 35.4 Å². The van der Waals surface area contributed by atoms with E-state index in [0.29, 0.717) is 13.1 Å². The minimum atomic E-state index is -0.346. The number of carbonyl (C=O) groups is 1. The van der Waals surface area contributed by atoms with Gasteiger partial charge in [0.15, 0.2) is 0 Å². The number of amides is 1. The highest BCUT2D eigenvalue weighted by Gasteiger charge is 2.10. The molecule has 0 saturated heterocycles. The number of nitrogens with two attached hydrogens (primary N) is 1. The number of carbonyl (C=O) groups excluding carboxylic acids is 1. The number of benzene rings is 1. The summed E-state index contributed by atoms with van der Waals surface area (Å²) in [6, 6.07) is 7.78. The molecule has 0 unspecified atom stereocenters. The van der Waals surface area contributed by atoms with Crippen molar-refractivity contribution in [2.45, 2.75) is 13.1 Å². The first-order valence-electron chi connectivity index (χ1n) is 4.75. The number of methoxy groups -OCH3 is 1. The van der Waals surface area contributed by atoms with Gasteiger partial charge in [-0.2, -0.15) is 0 Å². The van der Waals surface area contributed by atoms with Crippen molar-refractivity contribution in [1.29, 1.82) is 0 Å². The van der Waals surface area contributed by atoms with E-state index in [9.17, 15) is 4.79 Å². The number of hydrogen-bond donors (Lipinski definition) is 1. The standard InChI is InChI=1S/C11H16N2O2/c1-13(11(14)15-2)8-10-6-4-3-5-9(10)7-12/h3-6H,7-8,12H2,1-2H3. The van der Waals surface area contributed by atoms with E-state index in [1.54, 1.807) is 7.05 Å². The summed E-state index contributed by atoms with van der Waals surface area (Å²) in [4.78, 5) is 12.7. The van der Waals surface area contributed by atoms with Gasteiger partial charge in [0.1, 0.15) is 0 Å². The predicted molar refractivity (Wildman–Crippen MR) is 58.2 cm³/mol. The molecule has 1 aromatic rings. The van der Waals surface area contributed by atoms with E-state index in [1.807, 2.05) is 24.3 Å². The lowest BCUT2D eigenvalue weighted by atomic mass is 10.1. The Bertz CT molecular complexity index is 339. The molecule has 0 bridgehead atoms. The van der Waals surface area contributed by atoms with E-state index in [4.69, 9.17) is 5.73 Å². The summed E-state index contributed by atoms with van der Waals surface area (Å²) < 4.78 is 4.61. The first-order valence-corrected chi connectivity index (χ1v) is 4.75. The molecule has 0 heterocycles. The summed E-state index contributed by atoms with van der Waals surface area (Å²) >= 11 is 0. The zero-order chi connectivity index (χ0) is 11.3. The van der Waals surface area contributed by atoms with Gasteiger partial charge in [0, 0.05) is 20.1 Å². The summed E-state index contributed by atoms with van der Waals surface area (Å²) in [6.45, 7) is 0.991. The number of rotatable bonds is 3. The van der Waals surface area contributed by atoms with E-state index in [1.165, 1.54) is 12.0 Å². The first-order chi connectivity index (χ1) is 7.19. The van der Waals surface area contributed by atoms with Gasteiger partial charge in [-0.15, -0.1) is 0 Å². The molecule has 0 aromatic heterocycles. The molecular formula is C11H16N2O2. The molecule has 1 aromatic carbocycles. The fraction of sp³-hybridized carbons (Fsp3) is 0.364. The number of nitrogens with zero attached hydrogens (tertiary/aromatic N) is 1. The third kappa shape index (κ3) is 2.95. The molecule has 4 heteroatoms. The monoisotopic (exact) mass is 208 g/mol. The van der Waals surface area contributed by atoms with Gasteiger partial charge in [-0.1, -0.05) is 24.3 Å². The Morgan fingerprint density at radius 2 is 2.00 bits per heavy atom. The van der Waals surface area contributed by atoms with Gasteiger partial charge in [-0.25, -0.2) is 4.79 Å². The van der Waals surface area contributed by atoms with Crippen LogP contribution in [0.4, 0.5) is 4.79 Å². The zero-order valence-electron chi connectivity index (χ0n) is 9.06. The lowest BCUT2D eigenvalue weighted by Crippen LogP contribution is -2.26. The molecule has 0 spiro atoms. The maximum atomic E-state index is 11.2. The lowest BCUT2D eigenvalue weighted by molar-refractivity contribution is 0.131. The van der Waals surface area contributed by atoms with Gasteiger partial charge in [-0.3, -0.25) is 0 Å². The van der Waals surface area contributed by atoms with Gasteiger partial charge < -0.3 is 15.4 Å². The van der Waals surface area contributed by atoms with E-state index in [-0.39, 0.29) is 6.09 Å². The molecule has 0 aliphatic heterocycles. The quantitative estimate of drug-likeness (QED) is 0.815. The topological polar surface area (TPSA) is 55.6 Å². The highest BCUT2D eigenvalue weighted by Crippen LogP contribution is 2.10. The van der Waals surface area contributed by atoms with Gasteiger partial charge in [0.2, 0.25) is 0 Å². The second-order valence-corrected chi connectivity index (χ2v) is 3.30. The molecule has 0 saturated carbocycles. The average molecular weight is 208 g/mol. The molecule has 1 amide bonds. The lowest BCUT2D eigenvalue weighted by Gasteiger charge is -2.17. The molecule has 0 aliphatic carbocycles. The summed E-state index contributed by atoms with van der Waals surface area (Å²) in [6.07, 6.45) is -0.346. The second-order valence-electron chi connectivity index (χ2n) is 3.30. The van der Waals surface area contributed by atoms with Crippen LogP contribution in [0, 0.1) is 0 Å². The Morgan fingerprint density at radius 3 is 2.53 bits per heavy atom. The van der Waals surface area contributed by atoms with Crippen molar-refractivity contribution in [2.75, 3.05) is 14.2 Å². The predicted octanol–water partition coefficient (Wildman–Crippen LogP) is 1.34. The van der Waals surface area contributed by atoms with E-state index >= 15 is 0 Å². The van der Waals surface area contributed by atoms with Crippen LogP contribution in [0.15, 0.2) is 24.3 Å². The van der Waals surface area contributed by atoms with Gasteiger partial charge >= 0.3 is 6.09 Å². The SMILES string of the molecule is COC(=O)N(C)Cc1ccccc1CN. The summed E-state index contributed by atoms with van der Waals surface area (Å²) in [7, 11) is 3.06. The van der Waals surface area contributed by atoms with Crippen molar-refractivity contribution in [3.63, 3.8) is 0 Å². The van der Waals surface area contributed by atoms with Gasteiger partial charge in [-0.05, 0) is 11.1 Å². The fourth-order valence-corrected chi connectivity index (χ4v) is 1.39. The Balaban J connectivity index is 2.75. The molecule has 1 rings (SSSR count). The average Bonchev–Trinajstić information content (AvgIpc) is 2.28. The summed E-state index contributed by atoms with van der Waals surface area (Å²) in [5.74, 6) is 0. The van der Waals surface area contributed by atoms with E-state index in [2.05, 4.69) is 4.74 Å². The van der Waals surface area contributed by atoms with Crippen LogP contribution in [0.5, 0.6) is 0 Å². The van der Waals surface area contributed by atoms with Crippen LogP contribution in [0.25, 0.3) is 0 Å². The van der Waals surface area contributed by atoms with Gasteiger partial charge in [0.25, 0.3) is 0 Å². The highest BCUT2D eigenvalue weighted by molar-refractivity contribution is 5.67. The molecule has 0 atom stereocenters. The van der Waals surface area contributed by atoms with Crippen molar-refractivity contribution < 1.29 is 9.53 Å². The molecule has 2 N–H and O–H groups in total. The maximum absolute atomic E-state index is 11.2. The normalized spacial score (nSPS) is 9.80. The minimum Gasteiger partial charge on any atom is -0.453 e. The van der Waals surface area contributed by atoms with Crippen LogP contribution in [0.2, 0.25) is 0 Å². The van der Waals surface area contributed by atoms with Crippen LogP contribution in [0.1, 0.15) is 11.1 Å². The van der Waals surface area contributed by atoms with Crippen molar-refractivity contribution >= 4 is 6.09 Å². The van der Waals surface area contributed by atoms with Crippen LogP contribution >= 0.6 is 0 Å². The third-order valence-electron chi connectivity index (χ3n) is 2.23. The largest absolute Gasteiger partial charge is 0.453 e. The van der Waals surface area contributed by atoms with E-state index in [0.717, 1.165) is 11.1 Å². The van der Waals surface area contributed by atoms with Crippen LogP contribution in [0.3, 0.4) is 0 Å². The second kappa shape index (κ2) is 5.36. The van der Waals surface area contributed by atoms with Crippen molar-refractivity contribution in [1.82, 2.24) is 4.90 Å². The maximum Gasteiger partial charge on any atom is 0.409 e. The Morgan fingerprint density at radius 1 is 1.40 bits per heavy atom. The Kier molecular flexibility index (Phi) is 4.12. The summed E-state index contributed by atoms with van der Waals surface area (Å²) in [5, 5.41) is 0. The van der Waals surface area contributed by atoms with Crippen LogP contribution in [-0.4, -0.2) is 25.2 Å². The molecule has 82 valence electrons. The smallest absolute Gasteiger partial charge is 0.409 e. The first kappa shape index (κ1) is 11.5. The molecule has 0 aliphatic rings. The highest BCUT2D eigenvalue weighted by atomic mass is 16.5. The molecule has 0 fully saturated rings. The third-order valence-corrected chi connectivity index (χ3v) is 2.23. The van der Waals surface area contributed by atoms with E-state index < -0.39 is 0 Å². The molecule has 0 radical (unpaired) electrons. The van der Waals surface area contributed by atoms with Crippen molar-refractivity contribution in [3.8, 4) is 0 Å².